The van der Waals surface area contributed by atoms with E-state index in [2.05, 4.69) is 73.3 Å². The summed E-state index contributed by atoms with van der Waals surface area (Å²) < 4.78 is 2.07. The Balaban J connectivity index is 0.000000401. The van der Waals surface area contributed by atoms with Crippen molar-refractivity contribution >= 4 is 5.65 Å². The highest BCUT2D eigenvalue weighted by atomic mass is 15.0. The molecule has 3 heterocycles. The van der Waals surface area contributed by atoms with Gasteiger partial charge in [0.05, 0.1) is 17.1 Å². The molecule has 4 aromatic rings. The molecule has 162 valence electrons. The van der Waals surface area contributed by atoms with Crippen molar-refractivity contribution in [3.8, 4) is 22.6 Å². The van der Waals surface area contributed by atoms with Crippen LogP contribution in [-0.4, -0.2) is 19.4 Å². The van der Waals surface area contributed by atoms with Gasteiger partial charge in [-0.2, -0.15) is 0 Å². The van der Waals surface area contributed by atoms with Gasteiger partial charge in [-0.15, -0.1) is 0 Å². The van der Waals surface area contributed by atoms with Crippen LogP contribution in [0.3, 0.4) is 0 Å². The molecule has 0 saturated carbocycles. The van der Waals surface area contributed by atoms with E-state index >= 15 is 0 Å². The van der Waals surface area contributed by atoms with E-state index in [-0.39, 0.29) is 0 Å². The lowest BCUT2D eigenvalue weighted by atomic mass is 10.0. The first-order valence-corrected chi connectivity index (χ1v) is 10.9. The SMILES string of the molecule is CC(C)C(C)C.Cc1ccc(-c2nc3cc(CN)ccn3c2-c2ccnc(C)n2)cc1. The molecule has 0 bridgehead atoms. The van der Waals surface area contributed by atoms with Gasteiger partial charge in [-0.3, -0.25) is 4.40 Å². The molecule has 2 N–H and O–H groups in total. The maximum Gasteiger partial charge on any atom is 0.138 e. The second-order valence-electron chi connectivity index (χ2n) is 8.62. The van der Waals surface area contributed by atoms with Crippen LogP contribution in [0.15, 0.2) is 54.9 Å². The van der Waals surface area contributed by atoms with E-state index in [9.17, 15) is 0 Å². The number of rotatable bonds is 4. The monoisotopic (exact) mass is 415 g/mol. The third-order valence-corrected chi connectivity index (χ3v) is 5.60. The number of aromatic nitrogens is 4. The largest absolute Gasteiger partial charge is 0.326 e. The fourth-order valence-corrected chi connectivity index (χ4v) is 2.96. The first-order chi connectivity index (χ1) is 14.8. The lowest BCUT2D eigenvalue weighted by Gasteiger charge is -2.06. The number of hydrogen-bond acceptors (Lipinski definition) is 4. The Morgan fingerprint density at radius 1 is 0.903 bits per heavy atom. The van der Waals surface area contributed by atoms with E-state index in [4.69, 9.17) is 10.7 Å². The summed E-state index contributed by atoms with van der Waals surface area (Å²) in [5.41, 5.74) is 12.7. The first kappa shape index (κ1) is 22.6. The van der Waals surface area contributed by atoms with Crippen LogP contribution in [-0.2, 0) is 6.54 Å². The Labute approximate surface area is 185 Å². The number of fused-ring (bicyclic) bond motifs is 1. The molecule has 0 fully saturated rings. The molecule has 0 saturated heterocycles. The molecule has 31 heavy (non-hydrogen) atoms. The number of imidazole rings is 1. The minimum Gasteiger partial charge on any atom is -0.326 e. The third kappa shape index (κ3) is 5.36. The molecule has 0 aliphatic carbocycles. The normalized spacial score (nSPS) is 11.1. The second-order valence-corrected chi connectivity index (χ2v) is 8.62. The number of hydrogen-bond donors (Lipinski definition) is 1. The smallest absolute Gasteiger partial charge is 0.138 e. The van der Waals surface area contributed by atoms with E-state index in [1.165, 1.54) is 5.56 Å². The van der Waals surface area contributed by atoms with Crippen LogP contribution in [0.1, 0.15) is 44.6 Å². The molecular formula is C26H33N5. The number of pyridine rings is 1. The van der Waals surface area contributed by atoms with Crippen LogP contribution in [0.5, 0.6) is 0 Å². The summed E-state index contributed by atoms with van der Waals surface area (Å²) in [5, 5.41) is 0. The van der Waals surface area contributed by atoms with Crippen LogP contribution < -0.4 is 5.73 Å². The summed E-state index contributed by atoms with van der Waals surface area (Å²) in [7, 11) is 0. The highest BCUT2D eigenvalue weighted by Crippen LogP contribution is 2.32. The third-order valence-electron chi connectivity index (χ3n) is 5.60. The molecule has 1 aromatic carbocycles. The molecule has 0 radical (unpaired) electrons. The number of benzene rings is 1. The van der Waals surface area contributed by atoms with Crippen LogP contribution in [0.4, 0.5) is 0 Å². The Hall–Kier alpha value is -3.05. The summed E-state index contributed by atoms with van der Waals surface area (Å²) in [6.07, 6.45) is 3.79. The van der Waals surface area contributed by atoms with Gasteiger partial charge in [-0.1, -0.05) is 57.5 Å². The average Bonchev–Trinajstić information content (AvgIpc) is 3.13. The van der Waals surface area contributed by atoms with Gasteiger partial charge >= 0.3 is 0 Å². The van der Waals surface area contributed by atoms with E-state index in [1.54, 1.807) is 6.20 Å². The van der Waals surface area contributed by atoms with E-state index in [1.807, 2.05) is 31.3 Å². The van der Waals surface area contributed by atoms with Crippen molar-refractivity contribution < 1.29 is 0 Å². The molecule has 5 nitrogen and oxygen atoms in total. The second kappa shape index (κ2) is 9.84. The van der Waals surface area contributed by atoms with Crippen molar-refractivity contribution in [1.82, 2.24) is 19.4 Å². The Morgan fingerprint density at radius 2 is 1.58 bits per heavy atom. The Kier molecular flexibility index (Phi) is 7.18. The van der Waals surface area contributed by atoms with E-state index < -0.39 is 0 Å². The Morgan fingerprint density at radius 3 is 2.16 bits per heavy atom. The van der Waals surface area contributed by atoms with Gasteiger partial charge in [0.25, 0.3) is 0 Å². The van der Waals surface area contributed by atoms with Crippen LogP contribution in [0, 0.1) is 25.7 Å². The zero-order valence-corrected chi connectivity index (χ0v) is 19.4. The molecule has 0 amide bonds. The number of nitrogens with zero attached hydrogens (tertiary/aromatic N) is 4. The molecule has 0 aliphatic heterocycles. The van der Waals surface area contributed by atoms with Crippen molar-refractivity contribution in [1.29, 1.82) is 0 Å². The van der Waals surface area contributed by atoms with Crippen molar-refractivity contribution in [3.05, 3.63) is 71.8 Å². The van der Waals surface area contributed by atoms with E-state index in [0.717, 1.165) is 51.5 Å². The highest BCUT2D eigenvalue weighted by molar-refractivity contribution is 5.80. The zero-order chi connectivity index (χ0) is 22.5. The van der Waals surface area contributed by atoms with Gasteiger partial charge in [-0.25, -0.2) is 15.0 Å². The fraction of sp³-hybridized carbons (Fsp3) is 0.346. The lowest BCUT2D eigenvalue weighted by molar-refractivity contribution is 0.457. The molecule has 0 aliphatic rings. The molecule has 4 rings (SSSR count). The van der Waals surface area contributed by atoms with Crippen LogP contribution in [0.2, 0.25) is 0 Å². The summed E-state index contributed by atoms with van der Waals surface area (Å²) in [6.45, 7) is 13.4. The Bertz CT molecular complexity index is 1130. The lowest BCUT2D eigenvalue weighted by Crippen LogP contribution is -1.98. The van der Waals surface area contributed by atoms with Gasteiger partial charge in [0.2, 0.25) is 0 Å². The maximum atomic E-state index is 5.79. The molecule has 0 atom stereocenters. The standard InChI is InChI=1S/C20H19N5.C6H14/c1-13-3-5-16(6-4-13)19-20(17-7-9-22-14(2)23-17)25-10-8-15(12-21)11-18(25)24-19;1-5(2)6(3)4/h3-11H,12,21H2,1-2H3;5-6H,1-4H3. The quantitative estimate of drug-likeness (QED) is 0.455. The molecule has 0 spiro atoms. The maximum absolute atomic E-state index is 5.79. The topological polar surface area (TPSA) is 69.1 Å². The van der Waals surface area contributed by atoms with Gasteiger partial charge < -0.3 is 5.73 Å². The van der Waals surface area contributed by atoms with Crippen molar-refractivity contribution in [2.45, 2.75) is 48.1 Å². The van der Waals surface area contributed by atoms with E-state index in [0.29, 0.717) is 6.54 Å². The molecular weight excluding hydrogens is 382 g/mol. The molecule has 3 aromatic heterocycles. The summed E-state index contributed by atoms with van der Waals surface area (Å²) in [4.78, 5) is 13.7. The van der Waals surface area contributed by atoms with Crippen LogP contribution in [0.25, 0.3) is 28.3 Å². The van der Waals surface area contributed by atoms with Crippen molar-refractivity contribution in [2.24, 2.45) is 17.6 Å². The summed E-state index contributed by atoms with van der Waals surface area (Å²) >= 11 is 0. The first-order valence-electron chi connectivity index (χ1n) is 10.9. The number of nitrogens with two attached hydrogens (primary N) is 1. The van der Waals surface area contributed by atoms with Gasteiger partial charge in [0, 0.05) is 24.5 Å². The summed E-state index contributed by atoms with van der Waals surface area (Å²) in [6, 6.07) is 14.3. The van der Waals surface area contributed by atoms with Crippen LogP contribution >= 0.6 is 0 Å². The minimum atomic E-state index is 0.491. The van der Waals surface area contributed by atoms with Gasteiger partial charge in [0.15, 0.2) is 0 Å². The average molecular weight is 416 g/mol. The minimum absolute atomic E-state index is 0.491. The molecule has 5 heteroatoms. The number of aryl methyl sites for hydroxylation is 2. The zero-order valence-electron chi connectivity index (χ0n) is 19.4. The van der Waals surface area contributed by atoms with Gasteiger partial charge in [0.1, 0.15) is 11.5 Å². The van der Waals surface area contributed by atoms with Crippen molar-refractivity contribution in [3.63, 3.8) is 0 Å². The van der Waals surface area contributed by atoms with Crippen molar-refractivity contribution in [2.75, 3.05) is 0 Å². The predicted octanol–water partition coefficient (Wildman–Crippen LogP) is 5.83. The fourth-order valence-electron chi connectivity index (χ4n) is 2.96. The molecule has 0 unspecified atom stereocenters. The highest BCUT2D eigenvalue weighted by Gasteiger charge is 2.17. The predicted molar refractivity (Wildman–Crippen MR) is 129 cm³/mol. The summed E-state index contributed by atoms with van der Waals surface area (Å²) in [5.74, 6) is 2.44. The van der Waals surface area contributed by atoms with Gasteiger partial charge in [-0.05, 0) is 49.4 Å².